The van der Waals surface area contributed by atoms with Crippen molar-refractivity contribution >= 4 is 34.6 Å². The molecule has 0 unspecified atom stereocenters. The van der Waals surface area contributed by atoms with Gasteiger partial charge in [-0.1, -0.05) is 24.3 Å². The second-order valence-corrected chi connectivity index (χ2v) is 7.52. The molecule has 7 heteroatoms. The quantitative estimate of drug-likeness (QED) is 0.740. The van der Waals surface area contributed by atoms with Crippen molar-refractivity contribution in [3.05, 3.63) is 64.8 Å². The van der Waals surface area contributed by atoms with Gasteiger partial charge in [0.15, 0.2) is 5.17 Å². The lowest BCUT2D eigenvalue weighted by Crippen LogP contribution is -2.48. The molecule has 2 aromatic carbocycles. The van der Waals surface area contributed by atoms with Crippen LogP contribution in [-0.4, -0.2) is 49.3 Å². The fourth-order valence-electron chi connectivity index (χ4n) is 3.23. The van der Waals surface area contributed by atoms with Gasteiger partial charge in [-0.3, -0.25) is 4.79 Å². The van der Waals surface area contributed by atoms with E-state index in [1.165, 1.54) is 17.8 Å². The van der Waals surface area contributed by atoms with Crippen LogP contribution in [0.2, 0.25) is 0 Å². The maximum absolute atomic E-state index is 14.0. The Balaban J connectivity index is 1.40. The number of benzene rings is 2. The van der Waals surface area contributed by atoms with E-state index in [1.807, 2.05) is 41.3 Å². The average Bonchev–Trinajstić information content (AvgIpc) is 3.09. The average molecular weight is 397 g/mol. The molecule has 0 radical (unpaired) electrons. The molecule has 1 amide bonds. The number of rotatable bonds is 3. The van der Waals surface area contributed by atoms with Gasteiger partial charge in [-0.25, -0.2) is 4.39 Å². The highest BCUT2D eigenvalue weighted by atomic mass is 32.2. The summed E-state index contributed by atoms with van der Waals surface area (Å²) >= 11 is 1.39. The zero-order valence-corrected chi connectivity index (χ0v) is 16.3. The molecule has 0 N–H and O–H groups in total. The number of nitrogens with zero attached hydrogens (tertiary/aromatic N) is 3. The van der Waals surface area contributed by atoms with Gasteiger partial charge in [-0.05, 0) is 47.7 Å². The Morgan fingerprint density at radius 3 is 2.39 bits per heavy atom. The smallest absolute Gasteiger partial charge is 0.286 e. The van der Waals surface area contributed by atoms with Crippen LogP contribution in [0, 0.1) is 5.82 Å². The molecule has 2 heterocycles. The lowest BCUT2D eigenvalue weighted by molar-refractivity contribution is -0.113. The molecule has 2 aromatic rings. The number of amides is 1. The van der Waals surface area contributed by atoms with E-state index in [-0.39, 0.29) is 11.7 Å². The molecule has 1 saturated heterocycles. The highest BCUT2D eigenvalue weighted by Crippen LogP contribution is 2.31. The van der Waals surface area contributed by atoms with Crippen molar-refractivity contribution < 1.29 is 13.9 Å². The Labute approximate surface area is 167 Å². The van der Waals surface area contributed by atoms with Gasteiger partial charge in [0.2, 0.25) is 0 Å². The first-order chi connectivity index (χ1) is 13.6. The first kappa shape index (κ1) is 18.6. The number of piperazine rings is 1. The van der Waals surface area contributed by atoms with Crippen molar-refractivity contribution in [1.82, 2.24) is 4.90 Å². The molecular weight excluding hydrogens is 377 g/mol. The van der Waals surface area contributed by atoms with Crippen molar-refractivity contribution in [2.75, 3.05) is 38.2 Å². The predicted molar refractivity (Wildman–Crippen MR) is 111 cm³/mol. The number of thioether (sulfide) groups is 1. The highest BCUT2D eigenvalue weighted by molar-refractivity contribution is 8.18. The van der Waals surface area contributed by atoms with Crippen molar-refractivity contribution in [2.45, 2.75) is 0 Å². The summed E-state index contributed by atoms with van der Waals surface area (Å²) in [6, 6.07) is 14.4. The zero-order chi connectivity index (χ0) is 19.5. The van der Waals surface area contributed by atoms with Gasteiger partial charge in [0.1, 0.15) is 11.6 Å². The van der Waals surface area contributed by atoms with Crippen LogP contribution in [-0.2, 0) is 4.79 Å². The Hall–Kier alpha value is -2.80. The Morgan fingerprint density at radius 1 is 1.04 bits per heavy atom. The fourth-order valence-corrected chi connectivity index (χ4v) is 4.20. The normalized spacial score (nSPS) is 18.6. The summed E-state index contributed by atoms with van der Waals surface area (Å²) in [4.78, 5) is 21.2. The first-order valence-electron chi connectivity index (χ1n) is 9.05. The monoisotopic (exact) mass is 397 g/mol. The van der Waals surface area contributed by atoms with E-state index < -0.39 is 0 Å². The molecule has 0 atom stereocenters. The number of amidine groups is 1. The predicted octanol–water partition coefficient (Wildman–Crippen LogP) is 3.63. The summed E-state index contributed by atoms with van der Waals surface area (Å²) < 4.78 is 19.1. The van der Waals surface area contributed by atoms with Crippen LogP contribution >= 0.6 is 11.8 Å². The maximum atomic E-state index is 14.0. The Bertz CT molecular complexity index is 935. The lowest BCUT2D eigenvalue weighted by Gasteiger charge is -2.36. The van der Waals surface area contributed by atoms with Gasteiger partial charge < -0.3 is 14.5 Å². The van der Waals surface area contributed by atoms with Gasteiger partial charge in [-0.15, -0.1) is 0 Å². The summed E-state index contributed by atoms with van der Waals surface area (Å²) in [6.07, 6.45) is 1.85. The lowest BCUT2D eigenvalue weighted by atomic mass is 10.2. The van der Waals surface area contributed by atoms with Gasteiger partial charge in [0.05, 0.1) is 17.7 Å². The van der Waals surface area contributed by atoms with E-state index in [4.69, 9.17) is 4.74 Å². The topological polar surface area (TPSA) is 45.1 Å². The molecule has 0 saturated carbocycles. The second kappa shape index (κ2) is 8.06. The van der Waals surface area contributed by atoms with E-state index >= 15 is 0 Å². The Kier molecular flexibility index (Phi) is 5.34. The SMILES string of the molecule is COc1ccc(/C=C2\SC(N3CCN(c4ccccc4F)CC3)=NC2=O)cc1. The van der Waals surface area contributed by atoms with Gasteiger partial charge in [0, 0.05) is 26.2 Å². The minimum Gasteiger partial charge on any atom is -0.497 e. The number of para-hydroxylation sites is 1. The van der Waals surface area contributed by atoms with Crippen molar-refractivity contribution in [1.29, 1.82) is 0 Å². The number of halogens is 1. The number of hydrogen-bond acceptors (Lipinski definition) is 5. The fraction of sp³-hybridized carbons (Fsp3) is 0.238. The standard InChI is InChI=1S/C21H20FN3O2S/c1-27-16-8-6-15(7-9-16)14-19-20(26)23-21(28-19)25-12-10-24(11-13-25)18-5-3-2-4-17(18)22/h2-9,14H,10-13H2,1H3/b19-14-. The van der Waals surface area contributed by atoms with Crippen molar-refractivity contribution in [3.8, 4) is 5.75 Å². The first-order valence-corrected chi connectivity index (χ1v) is 9.87. The van der Waals surface area contributed by atoms with E-state index in [9.17, 15) is 9.18 Å². The molecule has 0 aliphatic carbocycles. The number of aliphatic imine (C=N–C) groups is 1. The maximum Gasteiger partial charge on any atom is 0.286 e. The molecule has 1 fully saturated rings. The molecule has 2 aliphatic rings. The zero-order valence-electron chi connectivity index (χ0n) is 15.5. The number of anilines is 1. The van der Waals surface area contributed by atoms with E-state index in [0.29, 0.717) is 36.8 Å². The molecular formula is C21H20FN3O2S. The minimum atomic E-state index is -0.215. The molecule has 144 valence electrons. The number of ether oxygens (including phenoxy) is 1. The third-order valence-corrected chi connectivity index (χ3v) is 5.81. The molecule has 28 heavy (non-hydrogen) atoms. The van der Waals surface area contributed by atoms with Crippen molar-refractivity contribution in [3.63, 3.8) is 0 Å². The molecule has 5 nitrogen and oxygen atoms in total. The van der Waals surface area contributed by atoms with Crippen LogP contribution in [0.1, 0.15) is 5.56 Å². The van der Waals surface area contributed by atoms with Crippen LogP contribution in [0.3, 0.4) is 0 Å². The molecule has 4 rings (SSSR count). The van der Waals surface area contributed by atoms with Gasteiger partial charge in [0.25, 0.3) is 5.91 Å². The second-order valence-electron chi connectivity index (χ2n) is 6.51. The van der Waals surface area contributed by atoms with E-state index in [1.54, 1.807) is 19.2 Å². The largest absolute Gasteiger partial charge is 0.497 e. The molecule has 0 spiro atoms. The number of carbonyl (C=O) groups excluding carboxylic acids is 1. The molecule has 0 aromatic heterocycles. The van der Waals surface area contributed by atoms with Crippen LogP contribution in [0.5, 0.6) is 5.75 Å². The number of hydrogen-bond donors (Lipinski definition) is 0. The third-order valence-electron chi connectivity index (χ3n) is 4.77. The Morgan fingerprint density at radius 2 is 1.71 bits per heavy atom. The summed E-state index contributed by atoms with van der Waals surface area (Å²) in [5, 5.41) is 0.720. The summed E-state index contributed by atoms with van der Waals surface area (Å²) in [7, 11) is 1.62. The van der Waals surface area contributed by atoms with Crippen LogP contribution < -0.4 is 9.64 Å². The van der Waals surface area contributed by atoms with Gasteiger partial charge in [-0.2, -0.15) is 4.99 Å². The van der Waals surface area contributed by atoms with Gasteiger partial charge >= 0.3 is 0 Å². The van der Waals surface area contributed by atoms with Crippen LogP contribution in [0.4, 0.5) is 10.1 Å². The summed E-state index contributed by atoms with van der Waals surface area (Å²) in [5.74, 6) is 0.355. The summed E-state index contributed by atoms with van der Waals surface area (Å²) in [6.45, 7) is 2.77. The van der Waals surface area contributed by atoms with Crippen LogP contribution in [0.15, 0.2) is 58.4 Å². The van der Waals surface area contributed by atoms with Crippen LogP contribution in [0.25, 0.3) is 6.08 Å². The van der Waals surface area contributed by atoms with E-state index in [0.717, 1.165) is 16.5 Å². The number of carbonyl (C=O) groups is 1. The third kappa shape index (κ3) is 3.89. The highest BCUT2D eigenvalue weighted by Gasteiger charge is 2.29. The molecule has 0 bridgehead atoms. The van der Waals surface area contributed by atoms with Crippen molar-refractivity contribution in [2.24, 2.45) is 4.99 Å². The van der Waals surface area contributed by atoms with E-state index in [2.05, 4.69) is 9.89 Å². The molecule has 2 aliphatic heterocycles. The number of methoxy groups -OCH3 is 1. The minimum absolute atomic E-state index is 0.205. The summed E-state index contributed by atoms with van der Waals surface area (Å²) in [5.41, 5.74) is 1.55.